The van der Waals surface area contributed by atoms with E-state index in [0.717, 1.165) is 0 Å². The molecule has 1 atom stereocenters. The molecule has 1 rings (SSSR count). The third kappa shape index (κ3) is 2.21. The number of rotatable bonds is 2. The molecule has 2 nitrogen and oxygen atoms in total. The number of halogens is 5. The summed E-state index contributed by atoms with van der Waals surface area (Å²) in [6, 6.07) is 0. The van der Waals surface area contributed by atoms with Gasteiger partial charge in [0, 0.05) is 13.1 Å². The summed E-state index contributed by atoms with van der Waals surface area (Å²) in [5.74, 6) is -6.99. The molecule has 1 unspecified atom stereocenters. The van der Waals surface area contributed by atoms with Crippen LogP contribution in [0.5, 0.6) is 0 Å². The fourth-order valence-corrected chi connectivity index (χ4v) is 1.07. The third-order valence-corrected chi connectivity index (χ3v) is 1.79. The second kappa shape index (κ2) is 4.22. The quantitative estimate of drug-likeness (QED) is 0.710. The largest absolute Gasteiger partial charge is 0.369 e. The van der Waals surface area contributed by atoms with Crippen molar-refractivity contribution in [3.05, 3.63) is 11.9 Å². The van der Waals surface area contributed by atoms with Crippen LogP contribution in [0.4, 0.5) is 22.0 Å². The minimum absolute atomic E-state index is 0.0541. The summed E-state index contributed by atoms with van der Waals surface area (Å²) in [5.41, 5.74) is 0. The van der Waals surface area contributed by atoms with Gasteiger partial charge in [-0.3, -0.25) is 0 Å². The van der Waals surface area contributed by atoms with E-state index in [9.17, 15) is 22.0 Å². The first-order valence-corrected chi connectivity index (χ1v) is 3.87. The molecular formula is C7H8F5NO. The monoisotopic (exact) mass is 217 g/mol. The molecule has 0 bridgehead atoms. The van der Waals surface area contributed by atoms with Gasteiger partial charge in [0.2, 0.25) is 5.83 Å². The summed E-state index contributed by atoms with van der Waals surface area (Å²) < 4.78 is 65.9. The van der Waals surface area contributed by atoms with Crippen molar-refractivity contribution < 1.29 is 26.7 Å². The van der Waals surface area contributed by atoms with Crippen LogP contribution in [0.15, 0.2) is 11.9 Å². The van der Waals surface area contributed by atoms with Gasteiger partial charge in [-0.2, -0.15) is 22.0 Å². The lowest BCUT2D eigenvalue weighted by Gasteiger charge is -2.29. The van der Waals surface area contributed by atoms with Crippen LogP contribution in [0.25, 0.3) is 0 Å². The molecule has 14 heavy (non-hydrogen) atoms. The van der Waals surface area contributed by atoms with Crippen LogP contribution in [-0.4, -0.2) is 31.7 Å². The first kappa shape index (κ1) is 11.4. The van der Waals surface area contributed by atoms with E-state index < -0.39 is 23.9 Å². The second-order valence-corrected chi connectivity index (χ2v) is 2.76. The Morgan fingerprint density at radius 2 is 1.93 bits per heavy atom. The maximum Gasteiger partial charge on any atom is 0.330 e. The van der Waals surface area contributed by atoms with Crippen molar-refractivity contribution in [1.82, 2.24) is 5.32 Å². The van der Waals surface area contributed by atoms with Gasteiger partial charge in [0.25, 0.3) is 0 Å². The summed E-state index contributed by atoms with van der Waals surface area (Å²) in [5, 5.41) is 2.50. The van der Waals surface area contributed by atoms with Crippen LogP contribution < -0.4 is 5.32 Å². The van der Waals surface area contributed by atoms with Gasteiger partial charge < -0.3 is 10.1 Å². The van der Waals surface area contributed by atoms with E-state index in [1.807, 2.05) is 0 Å². The highest BCUT2D eigenvalue weighted by atomic mass is 19.3. The number of hydrogen-bond donors (Lipinski definition) is 1. The van der Waals surface area contributed by atoms with Crippen LogP contribution >= 0.6 is 0 Å². The fourth-order valence-electron chi connectivity index (χ4n) is 1.07. The molecule has 0 aromatic rings. The highest BCUT2D eigenvalue weighted by molar-refractivity contribution is 5.09. The first-order chi connectivity index (χ1) is 6.46. The highest BCUT2D eigenvalue weighted by Crippen LogP contribution is 2.34. The molecular weight excluding hydrogens is 209 g/mol. The van der Waals surface area contributed by atoms with Crippen LogP contribution in [0.1, 0.15) is 0 Å². The normalized spacial score (nSPS) is 23.4. The maximum atomic E-state index is 12.9. The molecule has 0 saturated carbocycles. The topological polar surface area (TPSA) is 21.3 Å². The van der Waals surface area contributed by atoms with E-state index in [1.165, 1.54) is 0 Å². The molecule has 1 saturated heterocycles. The first-order valence-electron chi connectivity index (χ1n) is 3.87. The molecule has 82 valence electrons. The summed E-state index contributed by atoms with van der Waals surface area (Å²) >= 11 is 0. The van der Waals surface area contributed by atoms with Crippen molar-refractivity contribution >= 4 is 0 Å². The van der Waals surface area contributed by atoms with E-state index in [0.29, 0.717) is 6.54 Å². The average molecular weight is 217 g/mol. The van der Waals surface area contributed by atoms with E-state index in [2.05, 4.69) is 10.1 Å². The Bertz CT molecular complexity index is 232. The number of hydrogen-bond acceptors (Lipinski definition) is 2. The van der Waals surface area contributed by atoms with E-state index >= 15 is 0 Å². The number of alkyl halides is 2. The molecule has 1 aliphatic rings. The lowest BCUT2D eigenvalue weighted by Crippen LogP contribution is -2.49. The molecule has 1 fully saturated rings. The van der Waals surface area contributed by atoms with Crippen molar-refractivity contribution in [3.63, 3.8) is 0 Å². The van der Waals surface area contributed by atoms with Crippen LogP contribution in [0, 0.1) is 0 Å². The molecule has 1 aliphatic heterocycles. The van der Waals surface area contributed by atoms with Crippen molar-refractivity contribution in [1.29, 1.82) is 0 Å². The molecule has 0 radical (unpaired) electrons. The van der Waals surface area contributed by atoms with Gasteiger partial charge in [0.05, 0.1) is 6.61 Å². The summed E-state index contributed by atoms with van der Waals surface area (Å²) in [6.07, 6.45) is -4.89. The zero-order valence-electron chi connectivity index (χ0n) is 7.00. The van der Waals surface area contributed by atoms with Gasteiger partial charge in [-0.1, -0.05) is 0 Å². The summed E-state index contributed by atoms with van der Waals surface area (Å²) in [4.78, 5) is 0. The van der Waals surface area contributed by atoms with Crippen molar-refractivity contribution in [2.45, 2.75) is 12.0 Å². The number of ether oxygens (including phenoxy) is 1. The van der Waals surface area contributed by atoms with E-state index in [1.54, 1.807) is 0 Å². The predicted molar refractivity (Wildman–Crippen MR) is 37.9 cm³/mol. The SMILES string of the molecule is FC(F)=C(F)C(F)(F)C1CNCCO1. The van der Waals surface area contributed by atoms with Gasteiger partial charge in [0.1, 0.15) is 6.10 Å². The van der Waals surface area contributed by atoms with Gasteiger partial charge in [-0.15, -0.1) is 0 Å². The zero-order chi connectivity index (χ0) is 10.8. The van der Waals surface area contributed by atoms with Gasteiger partial charge in [0.15, 0.2) is 0 Å². The summed E-state index contributed by atoms with van der Waals surface area (Å²) in [7, 11) is 0. The third-order valence-electron chi connectivity index (χ3n) is 1.79. The smallest absolute Gasteiger partial charge is 0.330 e. The Balaban J connectivity index is 2.77. The second-order valence-electron chi connectivity index (χ2n) is 2.76. The highest BCUT2D eigenvalue weighted by Gasteiger charge is 2.48. The number of nitrogens with one attached hydrogen (secondary N) is 1. The molecule has 1 heterocycles. The number of morpholine rings is 1. The fraction of sp³-hybridized carbons (Fsp3) is 0.714. The van der Waals surface area contributed by atoms with Crippen LogP contribution in [0.3, 0.4) is 0 Å². The standard InChI is InChI=1S/C7H8F5NO/c8-5(6(9)10)7(11,12)4-3-13-1-2-14-4/h4,13H,1-3H2. The molecule has 0 aromatic heterocycles. The average Bonchev–Trinajstić information content (AvgIpc) is 2.18. The lowest BCUT2D eigenvalue weighted by atomic mass is 10.1. The van der Waals surface area contributed by atoms with Crippen LogP contribution in [-0.2, 0) is 4.74 Å². The molecule has 1 N–H and O–H groups in total. The summed E-state index contributed by atoms with van der Waals surface area (Å²) in [6.45, 7) is -0.0643. The molecule has 0 spiro atoms. The zero-order valence-corrected chi connectivity index (χ0v) is 7.00. The molecule has 0 aliphatic carbocycles. The van der Waals surface area contributed by atoms with Gasteiger partial charge >= 0.3 is 12.0 Å². The van der Waals surface area contributed by atoms with E-state index in [-0.39, 0.29) is 13.2 Å². The Morgan fingerprint density at radius 3 is 2.36 bits per heavy atom. The van der Waals surface area contributed by atoms with Crippen molar-refractivity contribution in [2.75, 3.05) is 19.7 Å². The Kier molecular flexibility index (Phi) is 3.43. The molecule has 0 amide bonds. The van der Waals surface area contributed by atoms with Crippen molar-refractivity contribution in [3.8, 4) is 0 Å². The Hall–Kier alpha value is -0.690. The van der Waals surface area contributed by atoms with Gasteiger partial charge in [-0.05, 0) is 0 Å². The lowest BCUT2D eigenvalue weighted by molar-refractivity contribution is -0.135. The van der Waals surface area contributed by atoms with E-state index in [4.69, 9.17) is 0 Å². The molecule has 0 aromatic carbocycles. The molecule has 7 heteroatoms. The minimum atomic E-state index is -4.27. The van der Waals surface area contributed by atoms with Crippen molar-refractivity contribution in [2.24, 2.45) is 0 Å². The van der Waals surface area contributed by atoms with Gasteiger partial charge in [-0.25, -0.2) is 0 Å². The van der Waals surface area contributed by atoms with Crippen LogP contribution in [0.2, 0.25) is 0 Å². The minimum Gasteiger partial charge on any atom is -0.369 e. The Labute approximate surface area is 76.7 Å². The maximum absolute atomic E-state index is 12.9. The predicted octanol–water partition coefficient (Wildman–Crippen LogP) is 1.69. The Morgan fingerprint density at radius 1 is 1.29 bits per heavy atom.